The first-order chi connectivity index (χ1) is 11.3. The van der Waals surface area contributed by atoms with E-state index in [0.717, 1.165) is 32.0 Å². The fourth-order valence-electron chi connectivity index (χ4n) is 2.71. The van der Waals surface area contributed by atoms with Crippen LogP contribution in [0.1, 0.15) is 24.1 Å². The summed E-state index contributed by atoms with van der Waals surface area (Å²) in [6.07, 6.45) is -1.41. The molecule has 1 amide bonds. The standard InChI is InChI=1S/C16H23F3N4O/c1-22(2)15(24)11-23-8-5-12(6-9-23)21-10-14-13(16(17,18)19)4-3-7-20-14/h3-4,7,12,21H,5-6,8-11H2,1-2H3. The Morgan fingerprint density at radius 2 is 2.04 bits per heavy atom. The third-order valence-electron chi connectivity index (χ3n) is 4.20. The molecule has 0 spiro atoms. The lowest BCUT2D eigenvalue weighted by atomic mass is 10.0. The van der Waals surface area contributed by atoms with Gasteiger partial charge in [-0.2, -0.15) is 13.2 Å². The molecule has 1 aliphatic heterocycles. The Kier molecular flexibility index (Phi) is 6.17. The summed E-state index contributed by atoms with van der Waals surface area (Å²) in [5.74, 6) is 0.0599. The van der Waals surface area contributed by atoms with Crippen molar-refractivity contribution >= 4 is 5.91 Å². The molecule has 0 atom stereocenters. The molecule has 1 aromatic heterocycles. The van der Waals surface area contributed by atoms with E-state index in [1.165, 1.54) is 12.3 Å². The zero-order valence-electron chi connectivity index (χ0n) is 13.9. The summed E-state index contributed by atoms with van der Waals surface area (Å²) in [6.45, 7) is 1.99. The number of rotatable bonds is 5. The average Bonchev–Trinajstić information content (AvgIpc) is 2.53. The van der Waals surface area contributed by atoms with Crippen LogP contribution in [0.4, 0.5) is 13.2 Å². The lowest BCUT2D eigenvalue weighted by molar-refractivity contribution is -0.138. The maximum absolute atomic E-state index is 12.9. The summed E-state index contributed by atoms with van der Waals surface area (Å²) in [7, 11) is 3.45. The molecular formula is C16H23F3N4O. The number of aromatic nitrogens is 1. The smallest absolute Gasteiger partial charge is 0.348 e. The average molecular weight is 344 g/mol. The number of nitrogens with zero attached hydrogens (tertiary/aromatic N) is 3. The van der Waals surface area contributed by atoms with Gasteiger partial charge in [0, 0.05) is 46.0 Å². The largest absolute Gasteiger partial charge is 0.418 e. The quantitative estimate of drug-likeness (QED) is 0.884. The summed E-state index contributed by atoms with van der Waals surface area (Å²) < 4.78 is 38.8. The number of carbonyl (C=O) groups excluding carboxylic acids is 1. The van der Waals surface area contributed by atoms with Crippen molar-refractivity contribution in [1.29, 1.82) is 0 Å². The number of nitrogens with one attached hydrogen (secondary N) is 1. The summed E-state index contributed by atoms with van der Waals surface area (Å²) in [5.41, 5.74) is -0.665. The van der Waals surface area contributed by atoms with Crippen molar-refractivity contribution in [2.75, 3.05) is 33.7 Å². The van der Waals surface area contributed by atoms with Crippen molar-refractivity contribution in [2.45, 2.75) is 31.6 Å². The van der Waals surface area contributed by atoms with Crippen LogP contribution in [0.5, 0.6) is 0 Å². The zero-order chi connectivity index (χ0) is 17.7. The van der Waals surface area contributed by atoms with Gasteiger partial charge in [-0.3, -0.25) is 14.7 Å². The molecule has 1 aliphatic rings. The van der Waals surface area contributed by atoms with Crippen LogP contribution in [0.3, 0.4) is 0 Å². The third kappa shape index (κ3) is 5.17. The lowest BCUT2D eigenvalue weighted by Crippen LogP contribution is -2.45. The molecule has 0 bridgehead atoms. The van der Waals surface area contributed by atoms with Gasteiger partial charge in [0.05, 0.1) is 17.8 Å². The first-order valence-corrected chi connectivity index (χ1v) is 7.94. The van der Waals surface area contributed by atoms with Crippen LogP contribution in [-0.2, 0) is 17.5 Å². The van der Waals surface area contributed by atoms with Gasteiger partial charge in [0.25, 0.3) is 0 Å². The highest BCUT2D eigenvalue weighted by atomic mass is 19.4. The van der Waals surface area contributed by atoms with E-state index < -0.39 is 11.7 Å². The summed E-state index contributed by atoms with van der Waals surface area (Å²) in [5, 5.41) is 3.16. The topological polar surface area (TPSA) is 48.5 Å². The molecule has 2 heterocycles. The van der Waals surface area contributed by atoms with E-state index in [-0.39, 0.29) is 24.2 Å². The molecule has 2 rings (SSSR count). The van der Waals surface area contributed by atoms with Gasteiger partial charge in [0.2, 0.25) is 5.91 Å². The molecule has 1 N–H and O–H groups in total. The van der Waals surface area contributed by atoms with Crippen LogP contribution in [0.25, 0.3) is 0 Å². The maximum atomic E-state index is 12.9. The van der Waals surface area contributed by atoms with Gasteiger partial charge in [-0.05, 0) is 25.0 Å². The number of pyridine rings is 1. The highest BCUT2D eigenvalue weighted by Gasteiger charge is 2.33. The minimum absolute atomic E-state index is 0.0233. The van der Waals surface area contributed by atoms with Gasteiger partial charge >= 0.3 is 6.18 Å². The third-order valence-corrected chi connectivity index (χ3v) is 4.20. The SMILES string of the molecule is CN(C)C(=O)CN1CCC(NCc2ncccc2C(F)(F)F)CC1. The van der Waals surface area contributed by atoms with Crippen molar-refractivity contribution < 1.29 is 18.0 Å². The van der Waals surface area contributed by atoms with Crippen LogP contribution in [0.15, 0.2) is 18.3 Å². The molecule has 8 heteroatoms. The van der Waals surface area contributed by atoms with E-state index in [2.05, 4.69) is 15.2 Å². The second-order valence-electron chi connectivity index (χ2n) is 6.21. The molecule has 0 aliphatic carbocycles. The van der Waals surface area contributed by atoms with Crippen LogP contribution in [0, 0.1) is 0 Å². The number of likely N-dealkylation sites (N-methyl/N-ethyl adjacent to an activating group) is 1. The van der Waals surface area contributed by atoms with Crippen LogP contribution in [0.2, 0.25) is 0 Å². The van der Waals surface area contributed by atoms with Crippen molar-refractivity contribution in [3.63, 3.8) is 0 Å². The van der Waals surface area contributed by atoms with Crippen LogP contribution >= 0.6 is 0 Å². The normalized spacial score (nSPS) is 17.0. The molecule has 1 fully saturated rings. The number of amides is 1. The minimum Gasteiger partial charge on any atom is -0.348 e. The number of hydrogen-bond acceptors (Lipinski definition) is 4. The maximum Gasteiger partial charge on any atom is 0.418 e. The number of carbonyl (C=O) groups is 1. The molecule has 24 heavy (non-hydrogen) atoms. The Morgan fingerprint density at radius 1 is 1.38 bits per heavy atom. The second-order valence-corrected chi connectivity index (χ2v) is 6.21. The summed E-state index contributed by atoms with van der Waals surface area (Å²) in [6, 6.07) is 2.49. The van der Waals surface area contributed by atoms with Crippen molar-refractivity contribution in [1.82, 2.24) is 20.1 Å². The first kappa shape index (κ1) is 18.7. The highest BCUT2D eigenvalue weighted by molar-refractivity contribution is 5.77. The number of likely N-dealkylation sites (tertiary alicyclic amines) is 1. The van der Waals surface area contributed by atoms with Gasteiger partial charge < -0.3 is 10.2 Å². The fourth-order valence-corrected chi connectivity index (χ4v) is 2.71. The molecule has 0 radical (unpaired) electrons. The van der Waals surface area contributed by atoms with E-state index in [0.29, 0.717) is 6.54 Å². The van der Waals surface area contributed by atoms with Crippen LogP contribution in [-0.4, -0.2) is 60.5 Å². The Hall–Kier alpha value is -1.67. The molecule has 0 unspecified atom stereocenters. The van der Waals surface area contributed by atoms with Gasteiger partial charge in [-0.1, -0.05) is 0 Å². The van der Waals surface area contributed by atoms with Gasteiger partial charge in [0.15, 0.2) is 0 Å². The van der Waals surface area contributed by atoms with E-state index in [4.69, 9.17) is 0 Å². The highest BCUT2D eigenvalue weighted by Crippen LogP contribution is 2.31. The molecule has 1 aromatic rings. The van der Waals surface area contributed by atoms with Gasteiger partial charge in [-0.15, -0.1) is 0 Å². The molecule has 134 valence electrons. The van der Waals surface area contributed by atoms with Crippen molar-refractivity contribution in [3.8, 4) is 0 Å². The predicted molar refractivity (Wildman–Crippen MR) is 84.2 cm³/mol. The number of halogens is 3. The first-order valence-electron chi connectivity index (χ1n) is 7.94. The molecule has 0 aromatic carbocycles. The van der Waals surface area contributed by atoms with Crippen LogP contribution < -0.4 is 5.32 Å². The monoisotopic (exact) mass is 344 g/mol. The van der Waals surface area contributed by atoms with Gasteiger partial charge in [-0.25, -0.2) is 0 Å². The zero-order valence-corrected chi connectivity index (χ0v) is 13.9. The lowest BCUT2D eigenvalue weighted by Gasteiger charge is -2.32. The van der Waals surface area contributed by atoms with Crippen molar-refractivity contribution in [3.05, 3.63) is 29.6 Å². The Bertz CT molecular complexity index is 554. The molecule has 5 nitrogen and oxygen atoms in total. The predicted octanol–water partition coefficient (Wildman–Crippen LogP) is 1.74. The molecular weight excluding hydrogens is 321 g/mol. The Labute approximate surface area is 139 Å². The molecule has 0 saturated carbocycles. The summed E-state index contributed by atoms with van der Waals surface area (Å²) >= 11 is 0. The van der Waals surface area contributed by atoms with Crippen molar-refractivity contribution in [2.24, 2.45) is 0 Å². The van der Waals surface area contributed by atoms with E-state index in [9.17, 15) is 18.0 Å². The number of alkyl halides is 3. The van der Waals surface area contributed by atoms with E-state index in [1.807, 2.05) is 0 Å². The Balaban J connectivity index is 1.82. The second kappa shape index (κ2) is 7.94. The number of piperidine rings is 1. The van der Waals surface area contributed by atoms with E-state index >= 15 is 0 Å². The fraction of sp³-hybridized carbons (Fsp3) is 0.625. The number of hydrogen-bond donors (Lipinski definition) is 1. The summed E-state index contributed by atoms with van der Waals surface area (Å²) in [4.78, 5) is 19.2. The van der Waals surface area contributed by atoms with E-state index in [1.54, 1.807) is 19.0 Å². The molecule has 1 saturated heterocycles. The Morgan fingerprint density at radius 3 is 2.62 bits per heavy atom. The van der Waals surface area contributed by atoms with Gasteiger partial charge in [0.1, 0.15) is 0 Å². The minimum atomic E-state index is -4.39.